The van der Waals surface area contributed by atoms with Crippen molar-refractivity contribution < 1.29 is 14.3 Å². The highest BCUT2D eigenvalue weighted by Gasteiger charge is 2.31. The third-order valence-electron chi connectivity index (χ3n) is 2.46. The van der Waals surface area contributed by atoms with Crippen LogP contribution < -0.4 is 4.74 Å². The molecule has 1 rings (SSSR count). The Kier molecular flexibility index (Phi) is 4.16. The molecular weight excluding hydrogens is 216 g/mol. The summed E-state index contributed by atoms with van der Waals surface area (Å²) in [7, 11) is 0. The monoisotopic (exact) mass is 236 g/mol. The Bertz CT molecular complexity index is 408. The lowest BCUT2D eigenvalue weighted by Crippen LogP contribution is -2.39. The van der Waals surface area contributed by atoms with Crippen molar-refractivity contribution in [3.63, 3.8) is 0 Å². The number of rotatable bonds is 4. The second kappa shape index (κ2) is 5.21. The Balaban J connectivity index is 2.86. The van der Waals surface area contributed by atoms with Gasteiger partial charge >= 0.3 is 5.97 Å². The molecule has 0 aromatic heterocycles. The van der Waals surface area contributed by atoms with Crippen LogP contribution in [0.1, 0.15) is 31.9 Å². The van der Waals surface area contributed by atoms with E-state index in [4.69, 9.17) is 9.47 Å². The van der Waals surface area contributed by atoms with Crippen LogP contribution in [0.15, 0.2) is 18.2 Å². The molecule has 0 aliphatic heterocycles. The first-order valence-electron chi connectivity index (χ1n) is 5.80. The molecule has 0 fully saturated rings. The van der Waals surface area contributed by atoms with Crippen molar-refractivity contribution in [2.45, 2.75) is 40.2 Å². The SMILES string of the molecule is CCOC(=O)C(C)(C)Oc1ccc(C)cc1C. The zero-order valence-corrected chi connectivity index (χ0v) is 11.2. The van der Waals surface area contributed by atoms with Gasteiger partial charge in [-0.15, -0.1) is 0 Å². The summed E-state index contributed by atoms with van der Waals surface area (Å²) in [5.41, 5.74) is 1.22. The van der Waals surface area contributed by atoms with Crippen LogP contribution in [0.3, 0.4) is 0 Å². The Hall–Kier alpha value is -1.51. The molecule has 0 radical (unpaired) electrons. The van der Waals surface area contributed by atoms with E-state index in [-0.39, 0.29) is 5.97 Å². The van der Waals surface area contributed by atoms with E-state index in [2.05, 4.69) is 0 Å². The van der Waals surface area contributed by atoms with Crippen LogP contribution in [0, 0.1) is 13.8 Å². The predicted molar refractivity (Wildman–Crippen MR) is 67.3 cm³/mol. The molecule has 0 amide bonds. The zero-order valence-electron chi connectivity index (χ0n) is 11.2. The molecule has 0 atom stereocenters. The molecule has 1 aromatic rings. The summed E-state index contributed by atoms with van der Waals surface area (Å²) in [6, 6.07) is 5.87. The maximum Gasteiger partial charge on any atom is 0.349 e. The van der Waals surface area contributed by atoms with Gasteiger partial charge in [-0.25, -0.2) is 4.79 Å². The van der Waals surface area contributed by atoms with Gasteiger partial charge in [0.2, 0.25) is 0 Å². The molecule has 0 saturated carbocycles. The van der Waals surface area contributed by atoms with Gasteiger partial charge < -0.3 is 9.47 Å². The predicted octanol–water partition coefficient (Wildman–Crippen LogP) is 3.02. The number of benzene rings is 1. The highest BCUT2D eigenvalue weighted by molar-refractivity contribution is 5.79. The van der Waals surface area contributed by atoms with Crippen molar-refractivity contribution in [2.24, 2.45) is 0 Å². The Morgan fingerprint density at radius 1 is 1.29 bits per heavy atom. The van der Waals surface area contributed by atoms with E-state index in [0.29, 0.717) is 12.4 Å². The first kappa shape index (κ1) is 13.6. The molecule has 3 heteroatoms. The summed E-state index contributed by atoms with van der Waals surface area (Å²) in [5.74, 6) is 0.369. The maximum atomic E-state index is 11.7. The molecule has 0 bridgehead atoms. The molecule has 0 heterocycles. The summed E-state index contributed by atoms with van der Waals surface area (Å²) in [4.78, 5) is 11.7. The summed E-state index contributed by atoms with van der Waals surface area (Å²) in [6.07, 6.45) is 0. The minimum Gasteiger partial charge on any atom is -0.476 e. The fraction of sp³-hybridized carbons (Fsp3) is 0.500. The molecule has 94 valence electrons. The lowest BCUT2D eigenvalue weighted by molar-refractivity contribution is -0.158. The Morgan fingerprint density at radius 2 is 1.94 bits per heavy atom. The summed E-state index contributed by atoms with van der Waals surface area (Å²) >= 11 is 0. The number of carbonyl (C=O) groups excluding carboxylic acids is 1. The Labute approximate surface area is 103 Å². The number of ether oxygens (including phenoxy) is 2. The molecule has 0 unspecified atom stereocenters. The normalized spacial score (nSPS) is 11.1. The van der Waals surface area contributed by atoms with E-state index in [1.807, 2.05) is 32.0 Å². The average Bonchev–Trinajstić information content (AvgIpc) is 2.22. The minimum atomic E-state index is -0.962. The third kappa shape index (κ3) is 3.48. The van der Waals surface area contributed by atoms with Gasteiger partial charge in [0.15, 0.2) is 5.60 Å². The standard InChI is InChI=1S/C14H20O3/c1-6-16-13(15)14(4,5)17-12-8-7-10(2)9-11(12)3/h7-9H,6H2,1-5H3. The molecule has 0 aliphatic rings. The van der Waals surface area contributed by atoms with Crippen LogP contribution in [0.25, 0.3) is 0 Å². The van der Waals surface area contributed by atoms with Crippen molar-refractivity contribution in [3.8, 4) is 5.75 Å². The van der Waals surface area contributed by atoms with Crippen LogP contribution in [-0.4, -0.2) is 18.2 Å². The van der Waals surface area contributed by atoms with Crippen molar-refractivity contribution in [2.75, 3.05) is 6.61 Å². The quantitative estimate of drug-likeness (QED) is 0.754. The van der Waals surface area contributed by atoms with E-state index in [1.165, 1.54) is 5.56 Å². The lowest BCUT2D eigenvalue weighted by atomic mass is 10.1. The van der Waals surface area contributed by atoms with Crippen molar-refractivity contribution in [1.29, 1.82) is 0 Å². The van der Waals surface area contributed by atoms with Crippen LogP contribution in [0.5, 0.6) is 5.75 Å². The van der Waals surface area contributed by atoms with E-state index >= 15 is 0 Å². The highest BCUT2D eigenvalue weighted by Crippen LogP contribution is 2.24. The van der Waals surface area contributed by atoms with Crippen LogP contribution >= 0.6 is 0 Å². The molecule has 0 spiro atoms. The fourth-order valence-electron chi connectivity index (χ4n) is 1.54. The highest BCUT2D eigenvalue weighted by atomic mass is 16.6. The van der Waals surface area contributed by atoms with E-state index < -0.39 is 5.60 Å². The first-order chi connectivity index (χ1) is 7.86. The molecule has 0 aliphatic carbocycles. The van der Waals surface area contributed by atoms with E-state index in [9.17, 15) is 4.79 Å². The molecule has 17 heavy (non-hydrogen) atoms. The molecule has 0 saturated heterocycles. The Morgan fingerprint density at radius 3 is 2.47 bits per heavy atom. The molecular formula is C14H20O3. The topological polar surface area (TPSA) is 35.5 Å². The third-order valence-corrected chi connectivity index (χ3v) is 2.46. The number of aryl methyl sites for hydroxylation is 2. The zero-order chi connectivity index (χ0) is 13.1. The lowest BCUT2D eigenvalue weighted by Gasteiger charge is -2.25. The first-order valence-corrected chi connectivity index (χ1v) is 5.80. The summed E-state index contributed by atoms with van der Waals surface area (Å²) in [6.45, 7) is 9.55. The van der Waals surface area contributed by atoms with Gasteiger partial charge in [0, 0.05) is 0 Å². The minimum absolute atomic E-state index is 0.347. The van der Waals surface area contributed by atoms with E-state index in [1.54, 1.807) is 20.8 Å². The number of carbonyl (C=O) groups is 1. The maximum absolute atomic E-state index is 11.7. The second-order valence-corrected chi connectivity index (χ2v) is 4.60. The van der Waals surface area contributed by atoms with Crippen molar-refractivity contribution in [3.05, 3.63) is 29.3 Å². The number of esters is 1. The second-order valence-electron chi connectivity index (χ2n) is 4.60. The van der Waals surface area contributed by atoms with Crippen LogP contribution in [0.2, 0.25) is 0 Å². The molecule has 3 nitrogen and oxygen atoms in total. The molecule has 0 N–H and O–H groups in total. The van der Waals surface area contributed by atoms with Gasteiger partial charge in [0.25, 0.3) is 0 Å². The number of hydrogen-bond donors (Lipinski definition) is 0. The van der Waals surface area contributed by atoms with Gasteiger partial charge in [-0.2, -0.15) is 0 Å². The molecule has 1 aromatic carbocycles. The number of hydrogen-bond acceptors (Lipinski definition) is 3. The van der Waals surface area contributed by atoms with Gasteiger partial charge in [-0.1, -0.05) is 17.7 Å². The van der Waals surface area contributed by atoms with Gasteiger partial charge in [0.05, 0.1) is 6.61 Å². The van der Waals surface area contributed by atoms with E-state index in [0.717, 1.165) is 5.56 Å². The van der Waals surface area contributed by atoms with Crippen LogP contribution in [-0.2, 0) is 9.53 Å². The van der Waals surface area contributed by atoms with Gasteiger partial charge in [-0.05, 0) is 46.2 Å². The summed E-state index contributed by atoms with van der Waals surface area (Å²) in [5, 5.41) is 0. The average molecular weight is 236 g/mol. The smallest absolute Gasteiger partial charge is 0.349 e. The van der Waals surface area contributed by atoms with Gasteiger partial charge in [-0.3, -0.25) is 0 Å². The van der Waals surface area contributed by atoms with Crippen molar-refractivity contribution >= 4 is 5.97 Å². The summed E-state index contributed by atoms with van der Waals surface area (Å²) < 4.78 is 10.7. The van der Waals surface area contributed by atoms with Gasteiger partial charge in [0.1, 0.15) is 5.75 Å². The fourth-order valence-corrected chi connectivity index (χ4v) is 1.54. The van der Waals surface area contributed by atoms with Crippen LogP contribution in [0.4, 0.5) is 0 Å². The largest absolute Gasteiger partial charge is 0.476 e. The van der Waals surface area contributed by atoms with Crippen molar-refractivity contribution in [1.82, 2.24) is 0 Å².